The molecule has 112 valence electrons. The number of sulfonamides is 1. The molecule has 0 spiro atoms. The van der Waals surface area contributed by atoms with E-state index in [0.29, 0.717) is 10.6 Å². The van der Waals surface area contributed by atoms with Crippen LogP contribution in [-0.2, 0) is 23.1 Å². The van der Waals surface area contributed by atoms with E-state index < -0.39 is 10.0 Å². The minimum absolute atomic E-state index is 0.136. The highest BCUT2D eigenvalue weighted by Gasteiger charge is 2.15. The molecule has 0 heterocycles. The van der Waals surface area contributed by atoms with Crippen molar-refractivity contribution in [2.24, 2.45) is 5.73 Å². The van der Waals surface area contributed by atoms with Gasteiger partial charge in [0.2, 0.25) is 10.0 Å². The summed E-state index contributed by atoms with van der Waals surface area (Å²) in [4.78, 5) is 0.136. The minimum Gasteiger partial charge on any atom is -0.326 e. The van der Waals surface area contributed by atoms with Gasteiger partial charge in [-0.25, -0.2) is 13.1 Å². The van der Waals surface area contributed by atoms with Gasteiger partial charge < -0.3 is 5.73 Å². The molecule has 0 aromatic heterocycles. The molecule has 0 bridgehead atoms. The maximum atomic E-state index is 12.2. The predicted octanol–water partition coefficient (Wildman–Crippen LogP) is 2.59. The number of nitrogens with one attached hydrogen (secondary N) is 1. The summed E-state index contributed by atoms with van der Waals surface area (Å²) in [5.41, 5.74) is 8.25. The van der Waals surface area contributed by atoms with Gasteiger partial charge in [-0.05, 0) is 30.2 Å². The van der Waals surface area contributed by atoms with Crippen molar-refractivity contribution >= 4 is 21.6 Å². The first-order valence-electron chi connectivity index (χ1n) is 6.46. The third kappa shape index (κ3) is 4.04. The second kappa shape index (κ2) is 6.58. The number of nitrogens with two attached hydrogens (primary N) is 1. The zero-order valence-electron chi connectivity index (χ0n) is 11.6. The topological polar surface area (TPSA) is 72.2 Å². The first-order valence-corrected chi connectivity index (χ1v) is 8.32. The fourth-order valence-electron chi connectivity index (χ4n) is 1.83. The van der Waals surface area contributed by atoms with Crippen molar-refractivity contribution in [2.45, 2.75) is 24.9 Å². The molecule has 0 amide bonds. The molecule has 2 rings (SSSR count). The standard InChI is InChI=1S/C15H17ClN2O2S/c1-11-2-4-12(5-3-11)10-18-21(19,20)14-7-6-13(9-17)15(16)8-14/h2-8,18H,9-10,17H2,1H3. The zero-order valence-corrected chi connectivity index (χ0v) is 13.2. The Kier molecular flexibility index (Phi) is 5.00. The lowest BCUT2D eigenvalue weighted by atomic mass is 10.2. The Hall–Kier alpha value is -1.40. The van der Waals surface area contributed by atoms with E-state index in [2.05, 4.69) is 4.72 Å². The highest BCUT2D eigenvalue weighted by atomic mass is 35.5. The van der Waals surface area contributed by atoms with Crippen LogP contribution in [0.4, 0.5) is 0 Å². The molecule has 0 atom stereocenters. The molecule has 0 aliphatic rings. The Labute approximate surface area is 130 Å². The van der Waals surface area contributed by atoms with Crippen molar-refractivity contribution in [3.63, 3.8) is 0 Å². The van der Waals surface area contributed by atoms with Gasteiger partial charge in [-0.2, -0.15) is 0 Å². The lowest BCUT2D eigenvalue weighted by Crippen LogP contribution is -2.23. The maximum absolute atomic E-state index is 12.2. The molecule has 2 aromatic carbocycles. The number of aryl methyl sites for hydroxylation is 1. The van der Waals surface area contributed by atoms with Gasteiger partial charge in [0.05, 0.1) is 4.90 Å². The van der Waals surface area contributed by atoms with Gasteiger partial charge in [0.25, 0.3) is 0 Å². The number of hydrogen-bond acceptors (Lipinski definition) is 3. The summed E-state index contributed by atoms with van der Waals surface area (Å²) in [5.74, 6) is 0. The Morgan fingerprint density at radius 3 is 2.38 bits per heavy atom. The van der Waals surface area contributed by atoms with E-state index in [0.717, 1.165) is 11.1 Å². The van der Waals surface area contributed by atoms with Crippen molar-refractivity contribution in [1.29, 1.82) is 0 Å². The summed E-state index contributed by atoms with van der Waals surface area (Å²) in [6, 6.07) is 12.2. The van der Waals surface area contributed by atoms with Gasteiger partial charge in [0.15, 0.2) is 0 Å². The molecule has 3 N–H and O–H groups in total. The molecule has 0 radical (unpaired) electrons. The normalized spacial score (nSPS) is 11.6. The zero-order chi connectivity index (χ0) is 15.5. The smallest absolute Gasteiger partial charge is 0.240 e. The van der Waals surface area contributed by atoms with Crippen molar-refractivity contribution < 1.29 is 8.42 Å². The number of benzene rings is 2. The van der Waals surface area contributed by atoms with Crippen LogP contribution in [0, 0.1) is 6.92 Å². The number of hydrogen-bond donors (Lipinski definition) is 2. The lowest BCUT2D eigenvalue weighted by molar-refractivity contribution is 0.581. The molecule has 21 heavy (non-hydrogen) atoms. The van der Waals surface area contributed by atoms with Gasteiger partial charge in [-0.15, -0.1) is 0 Å². The maximum Gasteiger partial charge on any atom is 0.240 e. The van der Waals surface area contributed by atoms with Crippen LogP contribution < -0.4 is 10.5 Å². The fourth-order valence-corrected chi connectivity index (χ4v) is 3.19. The first kappa shape index (κ1) is 16.0. The van der Waals surface area contributed by atoms with Gasteiger partial charge >= 0.3 is 0 Å². The van der Waals surface area contributed by atoms with E-state index in [4.69, 9.17) is 17.3 Å². The molecule has 6 heteroatoms. The van der Waals surface area contributed by atoms with E-state index in [-0.39, 0.29) is 18.0 Å². The highest BCUT2D eigenvalue weighted by molar-refractivity contribution is 7.89. The number of halogens is 1. The van der Waals surface area contributed by atoms with Crippen LogP contribution in [0.5, 0.6) is 0 Å². The summed E-state index contributed by atoms with van der Waals surface area (Å²) in [6.07, 6.45) is 0. The molecular formula is C15H17ClN2O2S. The van der Waals surface area contributed by atoms with Crippen molar-refractivity contribution in [3.05, 3.63) is 64.2 Å². The van der Waals surface area contributed by atoms with Crippen molar-refractivity contribution in [2.75, 3.05) is 0 Å². The van der Waals surface area contributed by atoms with E-state index in [1.165, 1.54) is 12.1 Å². The molecule has 0 fully saturated rings. The quantitative estimate of drug-likeness (QED) is 0.888. The second-order valence-electron chi connectivity index (χ2n) is 4.77. The van der Waals surface area contributed by atoms with Crippen LogP contribution in [0.2, 0.25) is 5.02 Å². The Morgan fingerprint density at radius 2 is 1.81 bits per heavy atom. The van der Waals surface area contributed by atoms with Crippen LogP contribution >= 0.6 is 11.6 Å². The average Bonchev–Trinajstić information content (AvgIpc) is 2.46. The van der Waals surface area contributed by atoms with Crippen molar-refractivity contribution in [1.82, 2.24) is 4.72 Å². The molecule has 0 saturated heterocycles. The number of rotatable bonds is 5. The Morgan fingerprint density at radius 1 is 1.14 bits per heavy atom. The summed E-state index contributed by atoms with van der Waals surface area (Å²) in [7, 11) is -3.59. The van der Waals surface area contributed by atoms with Crippen LogP contribution in [0.25, 0.3) is 0 Å². The van der Waals surface area contributed by atoms with E-state index in [9.17, 15) is 8.42 Å². The third-order valence-electron chi connectivity index (χ3n) is 3.14. The SMILES string of the molecule is Cc1ccc(CNS(=O)(=O)c2ccc(CN)c(Cl)c2)cc1. The van der Waals surface area contributed by atoms with Gasteiger partial charge in [-0.3, -0.25) is 0 Å². The largest absolute Gasteiger partial charge is 0.326 e. The lowest BCUT2D eigenvalue weighted by Gasteiger charge is -2.09. The molecule has 0 saturated carbocycles. The van der Waals surface area contributed by atoms with Crippen molar-refractivity contribution in [3.8, 4) is 0 Å². The summed E-state index contributed by atoms with van der Waals surface area (Å²) in [5, 5.41) is 0.357. The molecular weight excluding hydrogens is 308 g/mol. The monoisotopic (exact) mass is 324 g/mol. The second-order valence-corrected chi connectivity index (χ2v) is 6.94. The van der Waals surface area contributed by atoms with Gasteiger partial charge in [0.1, 0.15) is 0 Å². The van der Waals surface area contributed by atoms with Crippen LogP contribution in [0.1, 0.15) is 16.7 Å². The van der Waals surface area contributed by atoms with Gasteiger partial charge in [-0.1, -0.05) is 47.5 Å². The molecule has 2 aromatic rings. The van der Waals surface area contributed by atoms with Crippen LogP contribution in [0.15, 0.2) is 47.4 Å². The fraction of sp³-hybridized carbons (Fsp3) is 0.200. The molecule has 0 aliphatic carbocycles. The minimum atomic E-state index is -3.59. The summed E-state index contributed by atoms with van der Waals surface area (Å²) in [6.45, 7) is 2.49. The summed E-state index contributed by atoms with van der Waals surface area (Å²) < 4.78 is 27.0. The predicted molar refractivity (Wildman–Crippen MR) is 84.5 cm³/mol. The van der Waals surface area contributed by atoms with Crippen LogP contribution in [-0.4, -0.2) is 8.42 Å². The molecule has 4 nitrogen and oxygen atoms in total. The van der Waals surface area contributed by atoms with E-state index >= 15 is 0 Å². The Bertz CT molecular complexity index is 728. The third-order valence-corrected chi connectivity index (χ3v) is 4.89. The average molecular weight is 325 g/mol. The van der Waals surface area contributed by atoms with Gasteiger partial charge in [0, 0.05) is 18.1 Å². The summed E-state index contributed by atoms with van der Waals surface area (Å²) >= 11 is 6.00. The Balaban J connectivity index is 2.14. The van der Waals surface area contributed by atoms with E-state index in [1.54, 1.807) is 6.07 Å². The van der Waals surface area contributed by atoms with Crippen LogP contribution in [0.3, 0.4) is 0 Å². The first-order chi connectivity index (χ1) is 9.92. The highest BCUT2D eigenvalue weighted by Crippen LogP contribution is 2.20. The van der Waals surface area contributed by atoms with E-state index in [1.807, 2.05) is 31.2 Å². The molecule has 0 unspecified atom stereocenters. The molecule has 0 aliphatic heterocycles.